The van der Waals surface area contributed by atoms with Crippen LogP contribution in [0.2, 0.25) is 0 Å². The Balaban J connectivity index is 1.30. The quantitative estimate of drug-likeness (QED) is 0.643. The summed E-state index contributed by atoms with van der Waals surface area (Å²) in [6, 6.07) is 2.01. The zero-order valence-electron chi connectivity index (χ0n) is 14.4. The van der Waals surface area contributed by atoms with Gasteiger partial charge in [-0.25, -0.2) is 9.97 Å². The molecule has 6 heteroatoms. The minimum absolute atomic E-state index is 0.0879. The molecule has 0 saturated heterocycles. The topological polar surface area (TPSA) is 54.9 Å². The van der Waals surface area contributed by atoms with E-state index in [0.29, 0.717) is 0 Å². The minimum Gasteiger partial charge on any atom is -0.350 e. The number of amides is 1. The van der Waals surface area contributed by atoms with Gasteiger partial charge in [-0.2, -0.15) is 0 Å². The first kappa shape index (κ1) is 16.1. The van der Waals surface area contributed by atoms with Crippen molar-refractivity contribution >= 4 is 39.2 Å². The fourth-order valence-electron chi connectivity index (χ4n) is 5.70. The Morgan fingerprint density at radius 3 is 2.60 bits per heavy atom. The number of thiophene rings is 1. The third-order valence-corrected chi connectivity index (χ3v) is 8.43. The molecule has 1 unspecified atom stereocenters. The zero-order chi connectivity index (χ0) is 17.0. The normalized spacial score (nSPS) is 34.4. The Hall–Kier alpha value is -1.14. The molecule has 4 aliphatic rings. The molecule has 132 valence electrons. The first-order chi connectivity index (χ1) is 12.1. The maximum absolute atomic E-state index is 12.9. The van der Waals surface area contributed by atoms with Crippen LogP contribution in [-0.4, -0.2) is 26.7 Å². The van der Waals surface area contributed by atoms with E-state index in [1.165, 1.54) is 38.5 Å². The smallest absolute Gasteiger partial charge is 0.233 e. The van der Waals surface area contributed by atoms with Gasteiger partial charge in [0.15, 0.2) is 0 Å². The van der Waals surface area contributed by atoms with Crippen molar-refractivity contribution in [1.82, 2.24) is 15.3 Å². The third kappa shape index (κ3) is 2.87. The van der Waals surface area contributed by atoms with Crippen molar-refractivity contribution in [2.75, 3.05) is 0 Å². The number of nitrogens with one attached hydrogen (secondary N) is 1. The van der Waals surface area contributed by atoms with Crippen molar-refractivity contribution in [3.63, 3.8) is 0 Å². The Kier molecular flexibility index (Phi) is 3.82. The number of hydrogen-bond acceptors (Lipinski definition) is 5. The van der Waals surface area contributed by atoms with E-state index in [2.05, 4.69) is 15.3 Å². The summed E-state index contributed by atoms with van der Waals surface area (Å²) in [5.41, 5.74) is 1.06. The fraction of sp³-hybridized carbons (Fsp3) is 0.632. The number of rotatable bonds is 4. The monoisotopic (exact) mass is 373 g/mol. The number of carbonyl (C=O) groups is 1. The van der Waals surface area contributed by atoms with Gasteiger partial charge in [-0.15, -0.1) is 11.3 Å². The lowest BCUT2D eigenvalue weighted by Gasteiger charge is -2.57. The summed E-state index contributed by atoms with van der Waals surface area (Å²) in [5, 5.41) is 6.31. The van der Waals surface area contributed by atoms with Gasteiger partial charge in [0.05, 0.1) is 15.5 Å². The molecular weight excluding hydrogens is 350 g/mol. The molecule has 1 atom stereocenters. The fourth-order valence-corrected chi connectivity index (χ4v) is 7.54. The maximum Gasteiger partial charge on any atom is 0.233 e. The minimum atomic E-state index is -0.131. The van der Waals surface area contributed by atoms with E-state index in [1.807, 2.05) is 18.4 Å². The molecule has 6 rings (SSSR count). The number of fused-ring (bicyclic) bond motifs is 1. The Bertz CT molecular complexity index is 783. The molecule has 4 aliphatic carbocycles. The predicted octanol–water partition coefficient (Wildman–Crippen LogP) is 4.26. The molecule has 4 nitrogen and oxygen atoms in total. The lowest BCUT2D eigenvalue weighted by Crippen LogP contribution is -2.60. The molecule has 2 aromatic heterocycles. The molecular formula is C19H23N3OS2. The predicted molar refractivity (Wildman–Crippen MR) is 102 cm³/mol. The standard InChI is InChI=1S/C19H23N3OS2/c1-11(25-18-16-15(2-3-24-16)20-10-21-18)17(23)22-19-7-12-4-13(8-19)6-14(5-12)9-19/h2-3,10-14H,4-9H2,1H3,(H,22,23). The number of aromatic nitrogens is 2. The average molecular weight is 374 g/mol. The summed E-state index contributed by atoms with van der Waals surface area (Å²) in [5.74, 6) is 2.72. The second-order valence-corrected chi connectivity index (χ2v) is 10.5. The van der Waals surface area contributed by atoms with Crippen LogP contribution in [0.5, 0.6) is 0 Å². The van der Waals surface area contributed by atoms with Gasteiger partial charge in [0.1, 0.15) is 11.4 Å². The van der Waals surface area contributed by atoms with E-state index in [9.17, 15) is 4.79 Å². The summed E-state index contributed by atoms with van der Waals surface area (Å²) in [4.78, 5) is 21.6. The molecule has 4 bridgehead atoms. The van der Waals surface area contributed by atoms with Gasteiger partial charge in [-0.3, -0.25) is 4.79 Å². The van der Waals surface area contributed by atoms with Crippen LogP contribution < -0.4 is 5.32 Å². The van der Waals surface area contributed by atoms with Crippen LogP contribution >= 0.6 is 23.1 Å². The summed E-state index contributed by atoms with van der Waals surface area (Å²) >= 11 is 3.21. The summed E-state index contributed by atoms with van der Waals surface area (Å²) in [6.07, 6.45) is 9.39. The van der Waals surface area contributed by atoms with Gasteiger partial charge < -0.3 is 5.32 Å². The average Bonchev–Trinajstić information content (AvgIpc) is 3.02. The molecule has 2 heterocycles. The van der Waals surface area contributed by atoms with Crippen LogP contribution in [0.1, 0.15) is 45.4 Å². The van der Waals surface area contributed by atoms with Crippen LogP contribution in [0.25, 0.3) is 10.2 Å². The highest BCUT2D eigenvalue weighted by molar-refractivity contribution is 8.00. The van der Waals surface area contributed by atoms with E-state index in [4.69, 9.17) is 0 Å². The first-order valence-corrected chi connectivity index (χ1v) is 11.0. The van der Waals surface area contributed by atoms with Crippen molar-refractivity contribution in [2.24, 2.45) is 17.8 Å². The third-order valence-electron chi connectivity index (χ3n) is 6.29. The molecule has 0 aromatic carbocycles. The van der Waals surface area contributed by atoms with Crippen molar-refractivity contribution in [1.29, 1.82) is 0 Å². The molecule has 0 spiro atoms. The SMILES string of the molecule is CC(Sc1ncnc2ccsc12)C(=O)NC12CC3CC(CC(C3)C1)C2. The number of thioether (sulfide) groups is 1. The van der Waals surface area contributed by atoms with E-state index in [-0.39, 0.29) is 16.7 Å². The highest BCUT2D eigenvalue weighted by atomic mass is 32.2. The van der Waals surface area contributed by atoms with E-state index >= 15 is 0 Å². The number of nitrogens with zero attached hydrogens (tertiary/aromatic N) is 2. The molecule has 0 radical (unpaired) electrons. The van der Waals surface area contributed by atoms with Crippen molar-refractivity contribution in [3.8, 4) is 0 Å². The second-order valence-electron chi connectivity index (χ2n) is 8.26. The maximum atomic E-state index is 12.9. The lowest BCUT2D eigenvalue weighted by atomic mass is 9.53. The van der Waals surface area contributed by atoms with Crippen LogP contribution in [0.3, 0.4) is 0 Å². The molecule has 25 heavy (non-hydrogen) atoms. The summed E-state index contributed by atoms with van der Waals surface area (Å²) < 4.78 is 1.09. The molecule has 1 N–H and O–H groups in total. The van der Waals surface area contributed by atoms with Crippen LogP contribution in [-0.2, 0) is 4.79 Å². The Labute approximate surface area is 156 Å². The van der Waals surface area contributed by atoms with Crippen LogP contribution in [0, 0.1) is 17.8 Å². The van der Waals surface area contributed by atoms with Gasteiger partial charge in [0.2, 0.25) is 5.91 Å². The molecule has 4 saturated carbocycles. The van der Waals surface area contributed by atoms with Crippen LogP contribution in [0.4, 0.5) is 0 Å². The Morgan fingerprint density at radius 1 is 1.24 bits per heavy atom. The molecule has 4 fully saturated rings. The lowest BCUT2D eigenvalue weighted by molar-refractivity contribution is -0.126. The van der Waals surface area contributed by atoms with Crippen LogP contribution in [0.15, 0.2) is 22.8 Å². The van der Waals surface area contributed by atoms with Gasteiger partial charge in [-0.05, 0) is 74.6 Å². The first-order valence-electron chi connectivity index (χ1n) is 9.27. The molecule has 1 amide bonds. The van der Waals surface area contributed by atoms with Gasteiger partial charge >= 0.3 is 0 Å². The highest BCUT2D eigenvalue weighted by Gasteiger charge is 2.51. The Morgan fingerprint density at radius 2 is 1.92 bits per heavy atom. The van der Waals surface area contributed by atoms with Gasteiger partial charge in [0, 0.05) is 5.54 Å². The van der Waals surface area contributed by atoms with Gasteiger partial charge in [0.25, 0.3) is 0 Å². The largest absolute Gasteiger partial charge is 0.350 e. The number of hydrogen-bond donors (Lipinski definition) is 1. The highest BCUT2D eigenvalue weighted by Crippen LogP contribution is 2.55. The summed E-state index contributed by atoms with van der Waals surface area (Å²) in [6.45, 7) is 2.00. The van der Waals surface area contributed by atoms with Crippen molar-refractivity contribution in [2.45, 2.75) is 61.3 Å². The zero-order valence-corrected chi connectivity index (χ0v) is 16.0. The van der Waals surface area contributed by atoms with E-state index in [1.54, 1.807) is 29.4 Å². The summed E-state index contributed by atoms with van der Waals surface area (Å²) in [7, 11) is 0. The second kappa shape index (κ2) is 5.95. The van der Waals surface area contributed by atoms with Crippen molar-refractivity contribution < 1.29 is 4.79 Å². The molecule has 0 aliphatic heterocycles. The van der Waals surface area contributed by atoms with Crippen molar-refractivity contribution in [3.05, 3.63) is 17.8 Å². The number of carbonyl (C=O) groups excluding carboxylic acids is 1. The molecule has 2 aromatic rings. The van der Waals surface area contributed by atoms with E-state index < -0.39 is 0 Å². The van der Waals surface area contributed by atoms with E-state index in [0.717, 1.165) is 33.0 Å². The van der Waals surface area contributed by atoms with Gasteiger partial charge in [-0.1, -0.05) is 11.8 Å².